The lowest BCUT2D eigenvalue weighted by Crippen LogP contribution is -2.50. The Labute approximate surface area is 78.7 Å². The second-order valence-electron chi connectivity index (χ2n) is 2.98. The van der Waals surface area contributed by atoms with E-state index in [1.165, 1.54) is 0 Å². The van der Waals surface area contributed by atoms with Crippen LogP contribution in [0.25, 0.3) is 0 Å². The molecule has 1 fully saturated rings. The van der Waals surface area contributed by atoms with E-state index in [9.17, 15) is 0 Å². The summed E-state index contributed by atoms with van der Waals surface area (Å²) in [5, 5.41) is 0. The van der Waals surface area contributed by atoms with Crippen molar-refractivity contribution in [1.82, 2.24) is 0 Å². The molecule has 0 bridgehead atoms. The molecule has 4 radical (unpaired) electrons. The zero-order valence-electron chi connectivity index (χ0n) is 7.55. The third kappa shape index (κ3) is 2.67. The zero-order chi connectivity index (χ0) is 8.86. The molecule has 1 aliphatic rings. The first-order valence-electron chi connectivity index (χ1n) is 3.98. The number of hydrogen-bond donors (Lipinski definition) is 0. The maximum atomic E-state index is 5.41. The molecule has 1 aliphatic heterocycles. The first-order valence-corrected chi connectivity index (χ1v) is 6.79. The second-order valence-corrected chi connectivity index (χ2v) is 4.37. The van der Waals surface area contributed by atoms with E-state index in [1.807, 2.05) is 13.1 Å². The highest BCUT2D eigenvalue weighted by Gasteiger charge is 2.38. The van der Waals surface area contributed by atoms with Crippen LogP contribution in [0.5, 0.6) is 0 Å². The molecule has 0 atom stereocenters. The molecular formula is C7H14O3Si2. The van der Waals surface area contributed by atoms with Crippen LogP contribution in [-0.2, 0) is 13.6 Å². The van der Waals surface area contributed by atoms with Crippen molar-refractivity contribution in [2.45, 2.75) is 13.1 Å². The van der Waals surface area contributed by atoms with E-state index in [0.29, 0.717) is 19.5 Å². The van der Waals surface area contributed by atoms with Crippen molar-refractivity contribution in [1.29, 1.82) is 0 Å². The van der Waals surface area contributed by atoms with Gasteiger partial charge >= 0.3 is 0 Å². The van der Waals surface area contributed by atoms with Gasteiger partial charge in [0.2, 0.25) is 19.5 Å². The van der Waals surface area contributed by atoms with Gasteiger partial charge < -0.3 is 13.6 Å². The predicted molar refractivity (Wildman–Crippen MR) is 48.4 cm³/mol. The van der Waals surface area contributed by atoms with Crippen LogP contribution in [0, 0.1) is 5.41 Å². The summed E-state index contributed by atoms with van der Waals surface area (Å²) in [6, 6.07) is 0. The number of hydrogen-bond acceptors (Lipinski definition) is 3. The maximum Gasteiger partial charge on any atom is 0.226 e. The molecule has 68 valence electrons. The van der Waals surface area contributed by atoms with E-state index >= 15 is 0 Å². The molecule has 1 rings (SSSR count). The average molecular weight is 202 g/mol. The molecule has 0 unspecified atom stereocenters. The van der Waals surface area contributed by atoms with E-state index in [-0.39, 0.29) is 5.41 Å². The van der Waals surface area contributed by atoms with Crippen molar-refractivity contribution in [3.05, 3.63) is 0 Å². The van der Waals surface area contributed by atoms with Crippen LogP contribution < -0.4 is 0 Å². The molecule has 0 spiro atoms. The summed E-state index contributed by atoms with van der Waals surface area (Å²) >= 11 is 0. The quantitative estimate of drug-likeness (QED) is 0.583. The van der Waals surface area contributed by atoms with Gasteiger partial charge in [-0.3, -0.25) is 0 Å². The molecule has 0 amide bonds. The molecule has 0 aromatic carbocycles. The first kappa shape index (κ1) is 10.4. The van der Waals surface area contributed by atoms with E-state index in [4.69, 9.17) is 13.6 Å². The van der Waals surface area contributed by atoms with E-state index in [2.05, 4.69) is 0 Å². The fourth-order valence-corrected chi connectivity index (χ4v) is 1.95. The van der Waals surface area contributed by atoms with Crippen molar-refractivity contribution in [3.63, 3.8) is 0 Å². The third-order valence-corrected chi connectivity index (χ3v) is 2.73. The lowest BCUT2D eigenvalue weighted by Gasteiger charge is -2.40. The van der Waals surface area contributed by atoms with Crippen LogP contribution in [0.2, 0.25) is 13.1 Å². The van der Waals surface area contributed by atoms with Gasteiger partial charge in [-0.25, -0.2) is 0 Å². The molecule has 1 heterocycles. The van der Waals surface area contributed by atoms with Crippen LogP contribution in [0.3, 0.4) is 0 Å². The van der Waals surface area contributed by atoms with Crippen LogP contribution in [0.15, 0.2) is 0 Å². The van der Waals surface area contributed by atoms with Crippen molar-refractivity contribution < 1.29 is 13.6 Å². The summed E-state index contributed by atoms with van der Waals surface area (Å²) < 4.78 is 16.0. The van der Waals surface area contributed by atoms with Gasteiger partial charge in [-0.1, -0.05) is 0 Å². The van der Waals surface area contributed by atoms with Gasteiger partial charge in [-0.2, -0.15) is 0 Å². The SMILES string of the molecule is C[Si]OCC1(CO[Si]C)COC1. The van der Waals surface area contributed by atoms with Crippen molar-refractivity contribution in [2.24, 2.45) is 5.41 Å². The highest BCUT2D eigenvalue weighted by atomic mass is 28.2. The number of rotatable bonds is 6. The Kier molecular flexibility index (Phi) is 4.45. The van der Waals surface area contributed by atoms with Crippen molar-refractivity contribution >= 4 is 19.5 Å². The Morgan fingerprint density at radius 3 is 1.92 bits per heavy atom. The molecule has 0 aromatic heterocycles. The predicted octanol–water partition coefficient (Wildman–Crippen LogP) is 0.371. The summed E-state index contributed by atoms with van der Waals surface area (Å²) in [5.74, 6) is 0. The van der Waals surface area contributed by atoms with Crippen LogP contribution in [0.1, 0.15) is 0 Å². The molecule has 0 aromatic rings. The van der Waals surface area contributed by atoms with Gasteiger partial charge in [0.1, 0.15) is 0 Å². The smallest absolute Gasteiger partial charge is 0.226 e. The Bertz CT molecular complexity index is 118. The summed E-state index contributed by atoms with van der Waals surface area (Å²) in [4.78, 5) is 0. The van der Waals surface area contributed by atoms with Gasteiger partial charge in [-0.15, -0.1) is 0 Å². The number of ether oxygens (including phenoxy) is 1. The Hall–Kier alpha value is 0.314. The largest absolute Gasteiger partial charge is 0.417 e. The molecule has 5 heteroatoms. The Morgan fingerprint density at radius 1 is 1.17 bits per heavy atom. The molecule has 1 saturated heterocycles. The van der Waals surface area contributed by atoms with Gasteiger partial charge in [0, 0.05) is 13.2 Å². The minimum atomic E-state index is 0.173. The third-order valence-electron chi connectivity index (χ3n) is 1.86. The summed E-state index contributed by atoms with van der Waals surface area (Å²) in [7, 11) is 1.13. The normalized spacial score (nSPS) is 20.5. The Morgan fingerprint density at radius 2 is 1.67 bits per heavy atom. The average Bonchev–Trinajstić information content (AvgIpc) is 2.02. The van der Waals surface area contributed by atoms with E-state index in [0.717, 1.165) is 26.4 Å². The summed E-state index contributed by atoms with van der Waals surface area (Å²) in [6.45, 7) is 7.23. The molecule has 0 aliphatic carbocycles. The maximum absolute atomic E-state index is 5.41. The molecule has 12 heavy (non-hydrogen) atoms. The minimum absolute atomic E-state index is 0.173. The fourth-order valence-electron chi connectivity index (χ4n) is 1.05. The van der Waals surface area contributed by atoms with Gasteiger partial charge in [-0.05, 0) is 13.1 Å². The molecule has 0 saturated carbocycles. The zero-order valence-corrected chi connectivity index (χ0v) is 9.55. The van der Waals surface area contributed by atoms with Crippen LogP contribution in [0.4, 0.5) is 0 Å². The molecule has 3 nitrogen and oxygen atoms in total. The minimum Gasteiger partial charge on any atom is -0.417 e. The van der Waals surface area contributed by atoms with E-state index in [1.54, 1.807) is 0 Å². The monoisotopic (exact) mass is 202 g/mol. The second kappa shape index (κ2) is 5.13. The van der Waals surface area contributed by atoms with Gasteiger partial charge in [0.05, 0.1) is 18.6 Å². The van der Waals surface area contributed by atoms with Gasteiger partial charge in [0.15, 0.2) is 0 Å². The lowest BCUT2D eigenvalue weighted by molar-refractivity contribution is -0.148. The van der Waals surface area contributed by atoms with Gasteiger partial charge in [0.25, 0.3) is 0 Å². The van der Waals surface area contributed by atoms with Crippen molar-refractivity contribution in [3.8, 4) is 0 Å². The topological polar surface area (TPSA) is 27.7 Å². The summed E-state index contributed by atoms with van der Waals surface area (Å²) in [6.07, 6.45) is 0. The standard InChI is InChI=1S/C7H14O3Si2/c1-11-9-5-7(3-8-4-7)6-10-12-2/h3-6H2,1-2H3. The highest BCUT2D eigenvalue weighted by Crippen LogP contribution is 2.27. The first-order chi connectivity index (χ1) is 5.83. The molecule has 0 N–H and O–H groups in total. The van der Waals surface area contributed by atoms with E-state index < -0.39 is 0 Å². The lowest BCUT2D eigenvalue weighted by atomic mass is 9.88. The van der Waals surface area contributed by atoms with Crippen LogP contribution in [-0.4, -0.2) is 46.0 Å². The fraction of sp³-hybridized carbons (Fsp3) is 1.00. The van der Waals surface area contributed by atoms with Crippen molar-refractivity contribution in [2.75, 3.05) is 26.4 Å². The Balaban J connectivity index is 2.19. The molecular weight excluding hydrogens is 188 g/mol. The van der Waals surface area contributed by atoms with Crippen LogP contribution >= 0.6 is 0 Å². The highest BCUT2D eigenvalue weighted by molar-refractivity contribution is 6.25. The summed E-state index contributed by atoms with van der Waals surface area (Å²) in [5.41, 5.74) is 0.173.